The Kier molecular flexibility index (Phi) is 6.24. The molecule has 1 unspecified atom stereocenters. The molecule has 10 nitrogen and oxygen atoms in total. The second-order valence-corrected chi connectivity index (χ2v) is 4.82. The molecule has 0 aromatic carbocycles. The summed E-state index contributed by atoms with van der Waals surface area (Å²) in [5.74, 6) is -2.15. The van der Waals surface area contributed by atoms with Crippen LogP contribution < -0.4 is 16.6 Å². The number of amides is 2. The summed E-state index contributed by atoms with van der Waals surface area (Å²) in [7, 11) is 0. The molecule has 2 amide bonds. The topological polar surface area (TPSA) is 142 Å². The highest BCUT2D eigenvalue weighted by molar-refractivity contribution is 5.83. The SMILES string of the molecule is CC(=O)NCCN(C(=O)Cn1ccc(=O)[nH]c1=O)C(C)C(=O)O. The molecule has 23 heavy (non-hydrogen) atoms. The quantitative estimate of drug-likeness (QED) is 0.528. The van der Waals surface area contributed by atoms with E-state index in [0.717, 1.165) is 21.7 Å². The van der Waals surface area contributed by atoms with E-state index in [4.69, 9.17) is 5.11 Å². The minimum absolute atomic E-state index is 0.0238. The standard InChI is InChI=1S/C13H18N4O6/c1-8(12(21)22)17(6-4-14-9(2)18)11(20)7-16-5-3-10(19)15-13(16)23/h3,5,8H,4,6-7H2,1-2H3,(H,14,18)(H,21,22)(H,15,19,23). The molecule has 0 fully saturated rings. The monoisotopic (exact) mass is 326 g/mol. The number of carbonyl (C=O) groups is 3. The molecule has 1 heterocycles. The average Bonchev–Trinajstić information content (AvgIpc) is 2.45. The Morgan fingerprint density at radius 3 is 2.57 bits per heavy atom. The van der Waals surface area contributed by atoms with E-state index < -0.39 is 35.7 Å². The molecule has 1 aromatic rings. The molecule has 3 N–H and O–H groups in total. The van der Waals surface area contributed by atoms with Gasteiger partial charge in [-0.1, -0.05) is 0 Å². The number of carbonyl (C=O) groups excluding carboxylic acids is 2. The molecule has 0 bridgehead atoms. The highest BCUT2D eigenvalue weighted by Crippen LogP contribution is 2.01. The molecule has 1 atom stereocenters. The smallest absolute Gasteiger partial charge is 0.328 e. The van der Waals surface area contributed by atoms with Gasteiger partial charge in [-0.25, -0.2) is 9.59 Å². The normalized spacial score (nSPS) is 11.6. The van der Waals surface area contributed by atoms with E-state index in [0.29, 0.717) is 0 Å². The third kappa shape index (κ3) is 5.41. The fourth-order valence-corrected chi connectivity index (χ4v) is 1.83. The summed E-state index contributed by atoms with van der Waals surface area (Å²) in [6.45, 7) is 2.26. The van der Waals surface area contributed by atoms with Crippen molar-refractivity contribution in [1.82, 2.24) is 19.8 Å². The second-order valence-electron chi connectivity index (χ2n) is 4.82. The number of nitrogens with one attached hydrogen (secondary N) is 2. The van der Waals surface area contributed by atoms with E-state index in [9.17, 15) is 24.0 Å². The van der Waals surface area contributed by atoms with Gasteiger partial charge in [0.2, 0.25) is 11.8 Å². The van der Waals surface area contributed by atoms with E-state index in [1.165, 1.54) is 13.8 Å². The van der Waals surface area contributed by atoms with Gasteiger partial charge in [-0.05, 0) is 6.92 Å². The lowest BCUT2D eigenvalue weighted by molar-refractivity contribution is -0.149. The van der Waals surface area contributed by atoms with Gasteiger partial charge in [-0.15, -0.1) is 0 Å². The van der Waals surface area contributed by atoms with Crippen molar-refractivity contribution in [3.8, 4) is 0 Å². The number of nitrogens with zero attached hydrogens (tertiary/aromatic N) is 2. The average molecular weight is 326 g/mol. The summed E-state index contributed by atoms with van der Waals surface area (Å²) in [6.07, 6.45) is 1.15. The first kappa shape index (κ1) is 18.1. The zero-order valence-electron chi connectivity index (χ0n) is 12.7. The van der Waals surface area contributed by atoms with Gasteiger partial charge < -0.3 is 15.3 Å². The lowest BCUT2D eigenvalue weighted by Gasteiger charge is -2.26. The number of aromatic amines is 1. The Hall–Kier alpha value is -2.91. The third-order valence-corrected chi connectivity index (χ3v) is 3.07. The van der Waals surface area contributed by atoms with Crippen LogP contribution in [-0.2, 0) is 20.9 Å². The molecule has 0 radical (unpaired) electrons. The van der Waals surface area contributed by atoms with Crippen molar-refractivity contribution in [3.63, 3.8) is 0 Å². The van der Waals surface area contributed by atoms with Crippen LogP contribution in [0.3, 0.4) is 0 Å². The van der Waals surface area contributed by atoms with Crippen LogP contribution in [0.1, 0.15) is 13.8 Å². The van der Waals surface area contributed by atoms with Gasteiger partial charge in [0.1, 0.15) is 12.6 Å². The Bertz CT molecular complexity index is 707. The summed E-state index contributed by atoms with van der Waals surface area (Å²) < 4.78 is 0.962. The third-order valence-electron chi connectivity index (χ3n) is 3.07. The van der Waals surface area contributed by atoms with Crippen LogP contribution in [0, 0.1) is 0 Å². The number of aromatic nitrogens is 2. The highest BCUT2D eigenvalue weighted by Gasteiger charge is 2.25. The maximum absolute atomic E-state index is 12.3. The Labute approximate surface area is 130 Å². The van der Waals surface area contributed by atoms with Gasteiger partial charge in [-0.3, -0.25) is 23.9 Å². The predicted octanol–water partition coefficient (Wildman–Crippen LogP) is -2.03. The van der Waals surface area contributed by atoms with E-state index in [2.05, 4.69) is 5.32 Å². The van der Waals surface area contributed by atoms with Gasteiger partial charge in [-0.2, -0.15) is 0 Å². The first-order valence-corrected chi connectivity index (χ1v) is 6.79. The summed E-state index contributed by atoms with van der Waals surface area (Å²) >= 11 is 0. The molecule has 1 rings (SSSR count). The zero-order valence-corrected chi connectivity index (χ0v) is 12.7. The second kappa shape index (κ2) is 7.92. The minimum atomic E-state index is -1.21. The van der Waals surface area contributed by atoms with Gasteiger partial charge >= 0.3 is 11.7 Å². The number of rotatable bonds is 7. The maximum atomic E-state index is 12.3. The van der Waals surface area contributed by atoms with Gasteiger partial charge in [0.05, 0.1) is 0 Å². The van der Waals surface area contributed by atoms with Crippen molar-refractivity contribution in [3.05, 3.63) is 33.1 Å². The van der Waals surface area contributed by atoms with Crippen molar-refractivity contribution in [2.75, 3.05) is 13.1 Å². The van der Waals surface area contributed by atoms with Crippen LogP contribution in [-0.4, -0.2) is 56.5 Å². The van der Waals surface area contributed by atoms with Crippen molar-refractivity contribution in [2.24, 2.45) is 0 Å². The largest absolute Gasteiger partial charge is 0.480 e. The lowest BCUT2D eigenvalue weighted by Crippen LogP contribution is -2.48. The molecule has 0 spiro atoms. The number of hydrogen-bond donors (Lipinski definition) is 3. The molecule has 0 saturated carbocycles. The number of carboxylic acid groups (broad SMARTS) is 1. The summed E-state index contributed by atoms with van der Waals surface area (Å²) in [5.41, 5.74) is -1.37. The fraction of sp³-hybridized carbons (Fsp3) is 0.462. The highest BCUT2D eigenvalue weighted by atomic mass is 16.4. The van der Waals surface area contributed by atoms with E-state index in [1.807, 2.05) is 4.98 Å². The van der Waals surface area contributed by atoms with Crippen molar-refractivity contribution >= 4 is 17.8 Å². The number of hydrogen-bond acceptors (Lipinski definition) is 5. The lowest BCUT2D eigenvalue weighted by atomic mass is 10.2. The van der Waals surface area contributed by atoms with Crippen LogP contribution in [0.2, 0.25) is 0 Å². The molecule has 0 aliphatic heterocycles. The van der Waals surface area contributed by atoms with Gasteiger partial charge in [0.15, 0.2) is 0 Å². The molecule has 10 heteroatoms. The zero-order chi connectivity index (χ0) is 17.6. The molecule has 1 aromatic heterocycles. The molecule has 0 saturated heterocycles. The first-order chi connectivity index (χ1) is 10.7. The summed E-state index contributed by atoms with van der Waals surface area (Å²) in [4.78, 5) is 59.8. The van der Waals surface area contributed by atoms with E-state index in [1.54, 1.807) is 0 Å². The molecular weight excluding hydrogens is 308 g/mol. The predicted molar refractivity (Wildman–Crippen MR) is 78.8 cm³/mol. The van der Waals surface area contributed by atoms with Crippen LogP contribution in [0.25, 0.3) is 0 Å². The van der Waals surface area contributed by atoms with Crippen LogP contribution in [0.5, 0.6) is 0 Å². The van der Waals surface area contributed by atoms with Crippen molar-refractivity contribution < 1.29 is 19.5 Å². The van der Waals surface area contributed by atoms with Crippen LogP contribution in [0.15, 0.2) is 21.9 Å². The fourth-order valence-electron chi connectivity index (χ4n) is 1.83. The van der Waals surface area contributed by atoms with E-state index >= 15 is 0 Å². The Morgan fingerprint density at radius 1 is 1.39 bits per heavy atom. The molecule has 0 aliphatic rings. The van der Waals surface area contributed by atoms with E-state index in [-0.39, 0.29) is 19.0 Å². The number of carboxylic acids is 1. The minimum Gasteiger partial charge on any atom is -0.480 e. The Morgan fingerprint density at radius 2 is 2.04 bits per heavy atom. The maximum Gasteiger partial charge on any atom is 0.328 e. The van der Waals surface area contributed by atoms with Crippen LogP contribution in [0.4, 0.5) is 0 Å². The first-order valence-electron chi connectivity index (χ1n) is 6.79. The van der Waals surface area contributed by atoms with Crippen molar-refractivity contribution in [2.45, 2.75) is 26.4 Å². The number of H-pyrrole nitrogens is 1. The van der Waals surface area contributed by atoms with Crippen molar-refractivity contribution in [1.29, 1.82) is 0 Å². The molecule has 0 aliphatic carbocycles. The molecular formula is C13H18N4O6. The Balaban J connectivity index is 2.89. The van der Waals surface area contributed by atoms with Gasteiger partial charge in [0.25, 0.3) is 5.56 Å². The summed E-state index contributed by atoms with van der Waals surface area (Å²) in [5, 5.41) is 11.5. The number of aliphatic carboxylic acids is 1. The summed E-state index contributed by atoms with van der Waals surface area (Å²) in [6, 6.07) is -0.0496. The van der Waals surface area contributed by atoms with Gasteiger partial charge in [0, 0.05) is 32.3 Å². The van der Waals surface area contributed by atoms with Crippen LogP contribution >= 0.6 is 0 Å². The molecule has 126 valence electrons.